The van der Waals surface area contributed by atoms with E-state index >= 15 is 0 Å². The molecule has 1 aromatic carbocycles. The van der Waals surface area contributed by atoms with E-state index in [0.29, 0.717) is 66.7 Å². The zero-order valence-corrected chi connectivity index (χ0v) is 19.7. The van der Waals surface area contributed by atoms with E-state index in [-0.39, 0.29) is 29.1 Å². The summed E-state index contributed by atoms with van der Waals surface area (Å²) in [6.07, 6.45) is 2.57. The number of aliphatic hydroxyl groups is 1. The van der Waals surface area contributed by atoms with Gasteiger partial charge in [-0.2, -0.15) is 0 Å². The second-order valence-corrected chi connectivity index (χ2v) is 9.81. The molecular weight excluding hydrogens is 449 g/mol. The highest BCUT2D eigenvalue weighted by Gasteiger charge is 2.37. The van der Waals surface area contributed by atoms with Crippen LogP contribution in [0.1, 0.15) is 71.5 Å². The average Bonchev–Trinajstić information content (AvgIpc) is 3.21. The van der Waals surface area contributed by atoms with Gasteiger partial charge in [0.05, 0.1) is 29.5 Å². The summed E-state index contributed by atoms with van der Waals surface area (Å²) in [5.74, 6) is -0.966. The maximum absolute atomic E-state index is 14.9. The van der Waals surface area contributed by atoms with Crippen LogP contribution < -0.4 is 10.9 Å². The molecule has 3 aliphatic rings. The maximum atomic E-state index is 14.9. The Kier molecular flexibility index (Phi) is 4.93. The lowest BCUT2D eigenvalue weighted by atomic mass is 9.80. The Bertz CT molecular complexity index is 1520. The van der Waals surface area contributed by atoms with Crippen LogP contribution in [0.3, 0.4) is 0 Å². The second kappa shape index (κ2) is 7.81. The zero-order chi connectivity index (χ0) is 24.6. The van der Waals surface area contributed by atoms with Gasteiger partial charge in [-0.25, -0.2) is 9.37 Å². The fraction of sp³-hybridized carbons (Fsp3) is 0.407. The number of amides is 1. The molecule has 180 valence electrons. The Balaban J connectivity index is 1.65. The summed E-state index contributed by atoms with van der Waals surface area (Å²) in [5, 5.41) is 13.1. The van der Waals surface area contributed by atoms with Crippen molar-refractivity contribution in [2.75, 3.05) is 6.61 Å². The van der Waals surface area contributed by atoms with E-state index in [9.17, 15) is 23.9 Å². The first-order valence-corrected chi connectivity index (χ1v) is 12.2. The third kappa shape index (κ3) is 3.05. The van der Waals surface area contributed by atoms with Crippen molar-refractivity contribution in [1.82, 2.24) is 14.9 Å². The minimum Gasteiger partial charge on any atom is -0.387 e. The number of aryl methyl sites for hydroxylation is 1. The summed E-state index contributed by atoms with van der Waals surface area (Å²) in [6.45, 7) is 3.39. The number of pyridine rings is 2. The lowest BCUT2D eigenvalue weighted by molar-refractivity contribution is -0.124. The number of halogens is 1. The van der Waals surface area contributed by atoms with Gasteiger partial charge in [-0.05, 0) is 60.9 Å². The molecule has 0 spiro atoms. The Labute approximate surface area is 201 Å². The lowest BCUT2D eigenvalue weighted by Crippen LogP contribution is -2.33. The first-order chi connectivity index (χ1) is 16.8. The molecule has 1 amide bonds. The van der Waals surface area contributed by atoms with Crippen molar-refractivity contribution in [2.45, 2.75) is 64.5 Å². The van der Waals surface area contributed by atoms with Crippen LogP contribution in [0.25, 0.3) is 22.3 Å². The molecule has 2 unspecified atom stereocenters. The van der Waals surface area contributed by atoms with Crippen LogP contribution in [0.5, 0.6) is 0 Å². The van der Waals surface area contributed by atoms with Gasteiger partial charge in [0.2, 0.25) is 5.91 Å². The topological polar surface area (TPSA) is 101 Å². The number of carbonyl (C=O) groups excluding carboxylic acids is 2. The molecular formula is C27H26FN3O4. The minimum absolute atomic E-state index is 0.105. The molecule has 35 heavy (non-hydrogen) atoms. The summed E-state index contributed by atoms with van der Waals surface area (Å²) in [4.78, 5) is 43.2. The third-order valence-corrected chi connectivity index (χ3v) is 8.04. The molecule has 6 rings (SSSR count). The summed E-state index contributed by atoms with van der Waals surface area (Å²) in [6, 6.07) is 2.97. The smallest absolute Gasteiger partial charge is 0.254 e. The van der Waals surface area contributed by atoms with Crippen molar-refractivity contribution >= 4 is 22.6 Å². The molecule has 0 fully saturated rings. The van der Waals surface area contributed by atoms with Crippen molar-refractivity contribution in [3.63, 3.8) is 0 Å². The van der Waals surface area contributed by atoms with Crippen LogP contribution in [0.4, 0.5) is 4.39 Å². The molecule has 1 aliphatic heterocycles. The summed E-state index contributed by atoms with van der Waals surface area (Å²) in [7, 11) is 0. The first kappa shape index (κ1) is 22.1. The molecule has 2 aromatic heterocycles. The fourth-order valence-corrected chi connectivity index (χ4v) is 6.35. The SMILES string of the molecule is CCC1C(=O)CCc2c1cc1n(c2=O)Cc2c-1nc1cc(F)c(C)c3c1c2C(NC(=O)CO)CC3. The van der Waals surface area contributed by atoms with Crippen molar-refractivity contribution in [3.05, 3.63) is 61.7 Å². The van der Waals surface area contributed by atoms with Gasteiger partial charge in [-0.3, -0.25) is 14.4 Å². The number of aliphatic hydroxyl groups excluding tert-OH is 1. The number of carbonyl (C=O) groups is 2. The molecule has 0 saturated carbocycles. The van der Waals surface area contributed by atoms with Gasteiger partial charge in [0.1, 0.15) is 18.2 Å². The molecule has 2 atom stereocenters. The zero-order valence-electron chi connectivity index (χ0n) is 19.7. The standard InChI is InChI=1S/C27H26FN3O4/c1-3-13-16-8-21-26-17(10-31(21)27(35)15(16)5-7-22(13)33)25-19(29-23(34)11-32)6-4-14-12(2)18(28)9-20(30-26)24(14)25/h8-9,13,19,32H,3-7,10-11H2,1-2H3,(H,29,34). The molecule has 2 aliphatic carbocycles. The number of benzene rings is 1. The van der Waals surface area contributed by atoms with E-state index in [1.54, 1.807) is 11.5 Å². The Morgan fingerprint density at radius 1 is 1.20 bits per heavy atom. The fourth-order valence-electron chi connectivity index (χ4n) is 6.35. The van der Waals surface area contributed by atoms with E-state index in [2.05, 4.69) is 5.32 Å². The van der Waals surface area contributed by atoms with E-state index in [4.69, 9.17) is 4.98 Å². The molecule has 0 radical (unpaired) electrons. The number of nitrogens with one attached hydrogen (secondary N) is 1. The third-order valence-electron chi connectivity index (χ3n) is 8.04. The Hall–Kier alpha value is -3.39. The quantitative estimate of drug-likeness (QED) is 0.475. The van der Waals surface area contributed by atoms with Crippen LogP contribution in [-0.4, -0.2) is 33.0 Å². The van der Waals surface area contributed by atoms with Crippen molar-refractivity contribution in [1.29, 1.82) is 0 Å². The molecule has 2 N–H and O–H groups in total. The number of Topliss-reactive ketones (excluding diaryl/α,β-unsaturated/α-hetero) is 1. The Morgan fingerprint density at radius 3 is 2.74 bits per heavy atom. The predicted molar refractivity (Wildman–Crippen MR) is 128 cm³/mol. The van der Waals surface area contributed by atoms with Gasteiger partial charge < -0.3 is 15.0 Å². The van der Waals surface area contributed by atoms with E-state index in [0.717, 1.165) is 27.6 Å². The van der Waals surface area contributed by atoms with Crippen LogP contribution in [0.2, 0.25) is 0 Å². The van der Waals surface area contributed by atoms with Gasteiger partial charge in [0, 0.05) is 34.9 Å². The predicted octanol–water partition coefficient (Wildman–Crippen LogP) is 2.98. The molecule has 0 saturated heterocycles. The molecule has 7 nitrogen and oxygen atoms in total. The summed E-state index contributed by atoms with van der Waals surface area (Å²) in [5.41, 5.74) is 6.22. The van der Waals surface area contributed by atoms with Gasteiger partial charge in [-0.15, -0.1) is 0 Å². The number of hydrogen-bond acceptors (Lipinski definition) is 5. The van der Waals surface area contributed by atoms with Crippen molar-refractivity contribution in [2.24, 2.45) is 0 Å². The molecule has 3 aromatic rings. The number of aromatic nitrogens is 2. The number of nitrogens with zero attached hydrogens (tertiary/aromatic N) is 2. The number of hydrogen-bond donors (Lipinski definition) is 2. The highest BCUT2D eigenvalue weighted by molar-refractivity contribution is 5.94. The van der Waals surface area contributed by atoms with Crippen molar-refractivity contribution in [3.8, 4) is 11.4 Å². The highest BCUT2D eigenvalue weighted by atomic mass is 19.1. The van der Waals surface area contributed by atoms with Gasteiger partial charge in [0.15, 0.2) is 0 Å². The average molecular weight is 476 g/mol. The summed E-state index contributed by atoms with van der Waals surface area (Å²) >= 11 is 0. The van der Waals surface area contributed by atoms with Crippen LogP contribution >= 0.6 is 0 Å². The minimum atomic E-state index is -0.624. The van der Waals surface area contributed by atoms with E-state index in [1.807, 2.05) is 13.0 Å². The van der Waals surface area contributed by atoms with Gasteiger partial charge in [0.25, 0.3) is 5.56 Å². The van der Waals surface area contributed by atoms with Crippen LogP contribution in [-0.2, 0) is 29.0 Å². The summed E-state index contributed by atoms with van der Waals surface area (Å²) < 4.78 is 16.6. The lowest BCUT2D eigenvalue weighted by Gasteiger charge is -2.29. The maximum Gasteiger partial charge on any atom is 0.254 e. The number of fused-ring (bicyclic) bond motifs is 5. The number of ketones is 1. The van der Waals surface area contributed by atoms with Crippen LogP contribution in [0.15, 0.2) is 16.9 Å². The highest BCUT2D eigenvalue weighted by Crippen LogP contribution is 2.45. The molecule has 8 heteroatoms. The van der Waals surface area contributed by atoms with Crippen LogP contribution in [0, 0.1) is 12.7 Å². The van der Waals surface area contributed by atoms with E-state index in [1.165, 1.54) is 6.07 Å². The monoisotopic (exact) mass is 475 g/mol. The van der Waals surface area contributed by atoms with Gasteiger partial charge in [-0.1, -0.05) is 6.92 Å². The second-order valence-electron chi connectivity index (χ2n) is 9.81. The molecule has 3 heterocycles. The number of rotatable bonds is 3. The normalized spacial score (nSPS) is 19.9. The Morgan fingerprint density at radius 2 is 2.00 bits per heavy atom. The van der Waals surface area contributed by atoms with Crippen molar-refractivity contribution < 1.29 is 19.1 Å². The van der Waals surface area contributed by atoms with Gasteiger partial charge >= 0.3 is 0 Å². The first-order valence-electron chi connectivity index (χ1n) is 12.2. The largest absolute Gasteiger partial charge is 0.387 e. The molecule has 0 bridgehead atoms. The van der Waals surface area contributed by atoms with E-state index < -0.39 is 12.5 Å².